The molecule has 6 heteroatoms. The lowest BCUT2D eigenvalue weighted by atomic mass is 10.3. The normalized spacial score (nSPS) is 10.2. The molecular weight excluding hydrogens is 244 g/mol. The summed E-state index contributed by atoms with van der Waals surface area (Å²) in [6, 6.07) is 7.44. The molecule has 0 bridgehead atoms. The first-order valence-corrected chi connectivity index (χ1v) is 5.91. The highest BCUT2D eigenvalue weighted by Gasteiger charge is 2.08. The molecule has 3 N–H and O–H groups in total. The van der Waals surface area contributed by atoms with Gasteiger partial charge in [-0.05, 0) is 12.1 Å². The van der Waals surface area contributed by atoms with Gasteiger partial charge in [-0.2, -0.15) is 5.10 Å². The molecule has 0 aliphatic rings. The van der Waals surface area contributed by atoms with Crippen molar-refractivity contribution in [1.82, 2.24) is 9.78 Å². The number of nitrogens with one attached hydrogen (secondary N) is 1. The van der Waals surface area contributed by atoms with Crippen LogP contribution in [0.25, 0.3) is 0 Å². The Balaban J connectivity index is 1.75. The van der Waals surface area contributed by atoms with Crippen molar-refractivity contribution in [2.75, 3.05) is 24.2 Å². The molecule has 0 radical (unpaired) electrons. The van der Waals surface area contributed by atoms with Gasteiger partial charge in [0.25, 0.3) is 0 Å². The van der Waals surface area contributed by atoms with Gasteiger partial charge in [-0.3, -0.25) is 4.68 Å². The van der Waals surface area contributed by atoms with E-state index in [2.05, 4.69) is 10.4 Å². The molecule has 0 aliphatic heterocycles. The number of aromatic nitrogens is 2. The summed E-state index contributed by atoms with van der Waals surface area (Å²) in [5.74, 6) is -0.379. The van der Waals surface area contributed by atoms with Crippen molar-refractivity contribution >= 4 is 17.3 Å². The van der Waals surface area contributed by atoms with Gasteiger partial charge in [0.15, 0.2) is 0 Å². The van der Waals surface area contributed by atoms with Gasteiger partial charge >= 0.3 is 5.97 Å². The first kappa shape index (κ1) is 12.9. The molecule has 1 aromatic carbocycles. The molecule has 0 atom stereocenters. The van der Waals surface area contributed by atoms with Crippen LogP contribution in [0.1, 0.15) is 10.4 Å². The average Bonchev–Trinajstić information content (AvgIpc) is 2.83. The summed E-state index contributed by atoms with van der Waals surface area (Å²) >= 11 is 0. The lowest BCUT2D eigenvalue weighted by Gasteiger charge is -2.09. The van der Waals surface area contributed by atoms with Gasteiger partial charge in [0.2, 0.25) is 0 Å². The molecule has 0 saturated carbocycles. The number of rotatable bonds is 5. The molecular formula is C13H16N4O2. The van der Waals surface area contributed by atoms with Crippen LogP contribution in [0.3, 0.4) is 0 Å². The second-order valence-electron chi connectivity index (χ2n) is 4.05. The van der Waals surface area contributed by atoms with Crippen molar-refractivity contribution in [2.45, 2.75) is 0 Å². The molecule has 2 rings (SSSR count). The number of anilines is 2. The minimum Gasteiger partial charge on any atom is -0.460 e. The number of esters is 1. The molecule has 0 amide bonds. The topological polar surface area (TPSA) is 82.2 Å². The molecule has 1 aromatic heterocycles. The van der Waals surface area contributed by atoms with Gasteiger partial charge in [-0.15, -0.1) is 0 Å². The fourth-order valence-corrected chi connectivity index (χ4v) is 1.60. The van der Waals surface area contributed by atoms with E-state index < -0.39 is 0 Å². The van der Waals surface area contributed by atoms with Crippen LogP contribution in [0.4, 0.5) is 11.4 Å². The maximum atomic E-state index is 11.6. The molecule has 0 aliphatic carbocycles. The third kappa shape index (κ3) is 3.48. The highest BCUT2D eigenvalue weighted by atomic mass is 16.5. The standard InChI is InChI=1S/C13H16N4O2/c1-17-9-10(8-16-17)13(18)19-7-6-15-12-5-3-2-4-11(12)14/h2-5,8-9,15H,6-7,14H2,1H3. The van der Waals surface area contributed by atoms with Gasteiger partial charge in [-0.1, -0.05) is 12.1 Å². The van der Waals surface area contributed by atoms with Gasteiger partial charge < -0.3 is 15.8 Å². The first-order chi connectivity index (χ1) is 9.16. The Morgan fingerprint density at radius 1 is 1.47 bits per heavy atom. The van der Waals surface area contributed by atoms with E-state index >= 15 is 0 Å². The predicted molar refractivity (Wildman–Crippen MR) is 72.8 cm³/mol. The third-order valence-corrected chi connectivity index (χ3v) is 2.55. The molecule has 0 saturated heterocycles. The fraction of sp³-hybridized carbons (Fsp3) is 0.231. The van der Waals surface area contributed by atoms with Gasteiger partial charge in [0.05, 0.1) is 23.1 Å². The van der Waals surface area contributed by atoms with E-state index in [0.29, 0.717) is 17.8 Å². The van der Waals surface area contributed by atoms with Crippen LogP contribution in [0.5, 0.6) is 0 Å². The Morgan fingerprint density at radius 3 is 2.95 bits per heavy atom. The number of ether oxygens (including phenoxy) is 1. The number of aryl methyl sites for hydroxylation is 1. The van der Waals surface area contributed by atoms with Crippen molar-refractivity contribution in [2.24, 2.45) is 7.05 Å². The molecule has 1 heterocycles. The zero-order valence-electron chi connectivity index (χ0n) is 10.7. The monoisotopic (exact) mass is 260 g/mol. The number of para-hydroxylation sites is 2. The highest BCUT2D eigenvalue weighted by molar-refractivity contribution is 5.88. The average molecular weight is 260 g/mol. The lowest BCUT2D eigenvalue weighted by molar-refractivity contribution is 0.0520. The summed E-state index contributed by atoms with van der Waals surface area (Å²) in [6.45, 7) is 0.766. The molecule has 19 heavy (non-hydrogen) atoms. The Kier molecular flexibility index (Phi) is 4.02. The van der Waals surface area contributed by atoms with Crippen LogP contribution in [0.15, 0.2) is 36.7 Å². The number of hydrogen-bond acceptors (Lipinski definition) is 5. The Morgan fingerprint density at radius 2 is 2.26 bits per heavy atom. The van der Waals surface area contributed by atoms with E-state index in [-0.39, 0.29) is 12.6 Å². The lowest BCUT2D eigenvalue weighted by Crippen LogP contribution is -2.14. The summed E-state index contributed by atoms with van der Waals surface area (Å²) in [4.78, 5) is 11.6. The minimum absolute atomic E-state index is 0.266. The van der Waals surface area contributed by atoms with Crippen molar-refractivity contribution in [3.05, 3.63) is 42.2 Å². The summed E-state index contributed by atoms with van der Waals surface area (Å²) in [5, 5.41) is 7.01. The van der Waals surface area contributed by atoms with Crippen molar-refractivity contribution in [3.8, 4) is 0 Å². The van der Waals surface area contributed by atoms with Gasteiger partial charge in [0.1, 0.15) is 6.61 Å². The minimum atomic E-state index is -0.379. The number of nitrogens with two attached hydrogens (primary N) is 1. The van der Waals surface area contributed by atoms with Crippen molar-refractivity contribution in [3.63, 3.8) is 0 Å². The predicted octanol–water partition coefficient (Wildman–Crippen LogP) is 1.27. The smallest absolute Gasteiger partial charge is 0.341 e. The van der Waals surface area contributed by atoms with Crippen LogP contribution in [0, 0.1) is 0 Å². The van der Waals surface area contributed by atoms with Crippen LogP contribution >= 0.6 is 0 Å². The second-order valence-corrected chi connectivity index (χ2v) is 4.05. The molecule has 0 fully saturated rings. The Labute approximate surface area is 111 Å². The number of nitrogens with zero attached hydrogens (tertiary/aromatic N) is 2. The van der Waals surface area contributed by atoms with Gasteiger partial charge in [0, 0.05) is 19.8 Å². The Bertz CT molecular complexity index is 565. The van der Waals surface area contributed by atoms with E-state index in [1.54, 1.807) is 17.9 Å². The van der Waals surface area contributed by atoms with E-state index in [1.807, 2.05) is 24.3 Å². The molecule has 0 spiro atoms. The summed E-state index contributed by atoms with van der Waals surface area (Å²) in [5.41, 5.74) is 7.72. The quantitative estimate of drug-likeness (QED) is 0.480. The van der Waals surface area contributed by atoms with E-state index in [9.17, 15) is 4.79 Å². The number of carbonyl (C=O) groups is 1. The first-order valence-electron chi connectivity index (χ1n) is 5.91. The van der Waals surface area contributed by atoms with Crippen LogP contribution < -0.4 is 11.1 Å². The maximum Gasteiger partial charge on any atom is 0.341 e. The summed E-state index contributed by atoms with van der Waals surface area (Å²) in [7, 11) is 1.75. The molecule has 6 nitrogen and oxygen atoms in total. The molecule has 0 unspecified atom stereocenters. The number of carbonyl (C=O) groups excluding carboxylic acids is 1. The molecule has 100 valence electrons. The summed E-state index contributed by atoms with van der Waals surface area (Å²) < 4.78 is 6.66. The number of nitrogen functional groups attached to an aromatic ring is 1. The van der Waals surface area contributed by atoms with Crippen molar-refractivity contribution in [1.29, 1.82) is 0 Å². The zero-order valence-corrected chi connectivity index (χ0v) is 10.7. The van der Waals surface area contributed by atoms with Crippen LogP contribution in [-0.4, -0.2) is 28.9 Å². The highest BCUT2D eigenvalue weighted by Crippen LogP contribution is 2.15. The van der Waals surface area contributed by atoms with Crippen LogP contribution in [-0.2, 0) is 11.8 Å². The third-order valence-electron chi connectivity index (χ3n) is 2.55. The van der Waals surface area contributed by atoms with E-state index in [1.165, 1.54) is 6.20 Å². The number of benzene rings is 1. The Hall–Kier alpha value is -2.50. The second kappa shape index (κ2) is 5.90. The van der Waals surface area contributed by atoms with Gasteiger partial charge in [-0.25, -0.2) is 4.79 Å². The van der Waals surface area contributed by atoms with E-state index in [4.69, 9.17) is 10.5 Å². The number of hydrogen-bond donors (Lipinski definition) is 2. The summed E-state index contributed by atoms with van der Waals surface area (Å²) in [6.07, 6.45) is 3.09. The van der Waals surface area contributed by atoms with Crippen molar-refractivity contribution < 1.29 is 9.53 Å². The zero-order chi connectivity index (χ0) is 13.7. The largest absolute Gasteiger partial charge is 0.460 e. The van der Waals surface area contributed by atoms with Crippen LogP contribution in [0.2, 0.25) is 0 Å². The molecule has 2 aromatic rings. The maximum absolute atomic E-state index is 11.6. The SMILES string of the molecule is Cn1cc(C(=O)OCCNc2ccccc2N)cn1. The van der Waals surface area contributed by atoms with E-state index in [0.717, 1.165) is 5.69 Å². The fourth-order valence-electron chi connectivity index (χ4n) is 1.60.